The van der Waals surface area contributed by atoms with E-state index in [1.165, 1.54) is 12.2 Å². The molecule has 3 nitrogen and oxygen atoms in total. The summed E-state index contributed by atoms with van der Waals surface area (Å²) in [4.78, 5) is 2.36. The molecule has 2 unspecified atom stereocenters. The lowest BCUT2D eigenvalue weighted by molar-refractivity contribution is 0.0217. The van der Waals surface area contributed by atoms with Gasteiger partial charge in [-0.3, -0.25) is 4.90 Å². The first-order valence-corrected chi connectivity index (χ1v) is 6.90. The van der Waals surface area contributed by atoms with Crippen molar-refractivity contribution in [3.05, 3.63) is 0 Å². The quantitative estimate of drug-likeness (QED) is 0.747. The first-order valence-electron chi connectivity index (χ1n) is 5.86. The van der Waals surface area contributed by atoms with Crippen molar-refractivity contribution in [1.82, 2.24) is 4.90 Å². The zero-order valence-electron chi connectivity index (χ0n) is 9.82. The first-order chi connectivity index (χ1) is 7.26. The number of hydrogen-bond donors (Lipinski definition) is 1. The Morgan fingerprint density at radius 1 is 1.53 bits per heavy atom. The van der Waals surface area contributed by atoms with Gasteiger partial charge in [0.15, 0.2) is 0 Å². The van der Waals surface area contributed by atoms with Crippen molar-refractivity contribution in [2.45, 2.75) is 31.6 Å². The number of aliphatic hydroxyl groups is 1. The molecule has 15 heavy (non-hydrogen) atoms. The van der Waals surface area contributed by atoms with Crippen molar-refractivity contribution in [2.75, 3.05) is 38.6 Å². The summed E-state index contributed by atoms with van der Waals surface area (Å²) in [6, 6.07) is 0. The van der Waals surface area contributed by atoms with Crippen molar-refractivity contribution < 1.29 is 9.84 Å². The predicted octanol–water partition coefficient (Wildman–Crippen LogP) is 1.21. The van der Waals surface area contributed by atoms with Crippen LogP contribution in [0.1, 0.15) is 20.3 Å². The highest BCUT2D eigenvalue weighted by Crippen LogP contribution is 2.20. The molecule has 2 atom stereocenters. The highest BCUT2D eigenvalue weighted by atomic mass is 32.2. The van der Waals surface area contributed by atoms with Crippen LogP contribution in [0, 0.1) is 0 Å². The molecule has 0 aliphatic carbocycles. The number of β-amino-alcohol motifs (C(OH)–C–C–N with tert-alkyl or cyclic N) is 1. The number of nitrogens with zero attached hydrogens (tertiary/aromatic N) is 1. The summed E-state index contributed by atoms with van der Waals surface area (Å²) in [5.74, 6) is 1.19. The molecular formula is C11H23NO2S. The Labute approximate surface area is 97.2 Å². The van der Waals surface area contributed by atoms with E-state index in [9.17, 15) is 5.11 Å². The Balaban J connectivity index is 2.19. The first kappa shape index (κ1) is 13.3. The average Bonchev–Trinajstić information content (AvgIpc) is 2.26. The second-order valence-corrected chi connectivity index (χ2v) is 5.38. The van der Waals surface area contributed by atoms with E-state index in [1.54, 1.807) is 0 Å². The summed E-state index contributed by atoms with van der Waals surface area (Å²) in [6.45, 7) is 8.32. The Kier molecular flexibility index (Phi) is 6.64. The molecule has 0 amide bonds. The van der Waals surface area contributed by atoms with Crippen LogP contribution in [0.5, 0.6) is 0 Å². The zero-order chi connectivity index (χ0) is 11.1. The van der Waals surface area contributed by atoms with Crippen molar-refractivity contribution >= 4 is 11.8 Å². The van der Waals surface area contributed by atoms with Crippen LogP contribution in [0.3, 0.4) is 0 Å². The standard InChI is InChI=1S/C11H23NO2S/c1-3-11-8-12(5-6-15-11)7-10(13)9-14-4-2/h10-11,13H,3-9H2,1-2H3. The summed E-state index contributed by atoms with van der Waals surface area (Å²) in [5, 5.41) is 10.5. The van der Waals surface area contributed by atoms with Crippen LogP contribution < -0.4 is 0 Å². The van der Waals surface area contributed by atoms with Crippen LogP contribution in [0.15, 0.2) is 0 Å². The van der Waals surface area contributed by atoms with Gasteiger partial charge in [-0.1, -0.05) is 6.92 Å². The predicted molar refractivity (Wildman–Crippen MR) is 65.5 cm³/mol. The average molecular weight is 233 g/mol. The summed E-state index contributed by atoms with van der Waals surface area (Å²) in [5.41, 5.74) is 0. The number of hydrogen-bond acceptors (Lipinski definition) is 4. The van der Waals surface area contributed by atoms with Gasteiger partial charge in [-0.05, 0) is 13.3 Å². The molecule has 0 aromatic carbocycles. The van der Waals surface area contributed by atoms with E-state index in [0.29, 0.717) is 13.2 Å². The Morgan fingerprint density at radius 3 is 3.00 bits per heavy atom. The van der Waals surface area contributed by atoms with E-state index in [-0.39, 0.29) is 6.10 Å². The Hall–Kier alpha value is 0.230. The van der Waals surface area contributed by atoms with Gasteiger partial charge in [0.2, 0.25) is 0 Å². The molecule has 1 heterocycles. The van der Waals surface area contributed by atoms with Crippen molar-refractivity contribution in [2.24, 2.45) is 0 Å². The van der Waals surface area contributed by atoms with E-state index >= 15 is 0 Å². The smallest absolute Gasteiger partial charge is 0.0900 e. The van der Waals surface area contributed by atoms with Gasteiger partial charge in [0.1, 0.15) is 0 Å². The molecule has 0 spiro atoms. The van der Waals surface area contributed by atoms with E-state index in [2.05, 4.69) is 23.6 Å². The number of ether oxygens (including phenoxy) is 1. The molecular weight excluding hydrogens is 210 g/mol. The fourth-order valence-electron chi connectivity index (χ4n) is 1.80. The fourth-order valence-corrected chi connectivity index (χ4v) is 3.05. The van der Waals surface area contributed by atoms with E-state index in [1.807, 2.05) is 6.92 Å². The highest BCUT2D eigenvalue weighted by Gasteiger charge is 2.20. The number of rotatable bonds is 6. The molecule has 0 bridgehead atoms. The minimum atomic E-state index is -0.328. The summed E-state index contributed by atoms with van der Waals surface area (Å²) >= 11 is 2.06. The normalized spacial score (nSPS) is 25.4. The second kappa shape index (κ2) is 7.49. The van der Waals surface area contributed by atoms with Gasteiger partial charge in [0.05, 0.1) is 12.7 Å². The van der Waals surface area contributed by atoms with Crippen molar-refractivity contribution in [1.29, 1.82) is 0 Å². The molecule has 0 saturated carbocycles. The fraction of sp³-hybridized carbons (Fsp3) is 1.00. The van der Waals surface area contributed by atoms with Crippen LogP contribution in [-0.2, 0) is 4.74 Å². The molecule has 0 radical (unpaired) electrons. The molecule has 90 valence electrons. The number of aliphatic hydroxyl groups excluding tert-OH is 1. The minimum Gasteiger partial charge on any atom is -0.389 e. The van der Waals surface area contributed by atoms with Crippen molar-refractivity contribution in [3.8, 4) is 0 Å². The van der Waals surface area contributed by atoms with Gasteiger partial charge in [0, 0.05) is 37.2 Å². The topological polar surface area (TPSA) is 32.7 Å². The maximum Gasteiger partial charge on any atom is 0.0900 e. The van der Waals surface area contributed by atoms with Crippen LogP contribution in [0.4, 0.5) is 0 Å². The summed E-state index contributed by atoms with van der Waals surface area (Å²) < 4.78 is 5.21. The Morgan fingerprint density at radius 2 is 2.33 bits per heavy atom. The van der Waals surface area contributed by atoms with Gasteiger partial charge in [0.25, 0.3) is 0 Å². The van der Waals surface area contributed by atoms with Gasteiger partial charge >= 0.3 is 0 Å². The van der Waals surface area contributed by atoms with Gasteiger partial charge in [-0.2, -0.15) is 11.8 Å². The van der Waals surface area contributed by atoms with Gasteiger partial charge in [-0.25, -0.2) is 0 Å². The maximum absolute atomic E-state index is 9.72. The highest BCUT2D eigenvalue weighted by molar-refractivity contribution is 8.00. The molecule has 1 aliphatic heterocycles. The lowest BCUT2D eigenvalue weighted by atomic mass is 10.2. The van der Waals surface area contributed by atoms with E-state index in [4.69, 9.17) is 4.74 Å². The maximum atomic E-state index is 9.72. The third-order valence-electron chi connectivity index (χ3n) is 2.66. The zero-order valence-corrected chi connectivity index (χ0v) is 10.6. The third-order valence-corrected chi connectivity index (χ3v) is 4.03. The molecule has 0 aromatic rings. The van der Waals surface area contributed by atoms with E-state index in [0.717, 1.165) is 24.9 Å². The minimum absolute atomic E-state index is 0.328. The Bertz CT molecular complexity index is 169. The summed E-state index contributed by atoms with van der Waals surface area (Å²) in [6.07, 6.45) is 0.897. The van der Waals surface area contributed by atoms with Crippen LogP contribution in [-0.4, -0.2) is 60.0 Å². The molecule has 1 aliphatic rings. The molecule has 1 N–H and O–H groups in total. The monoisotopic (exact) mass is 233 g/mol. The SMILES string of the molecule is CCOCC(O)CN1CCSC(CC)C1. The molecule has 1 saturated heterocycles. The molecule has 4 heteroatoms. The molecule has 1 fully saturated rings. The largest absolute Gasteiger partial charge is 0.389 e. The van der Waals surface area contributed by atoms with Crippen LogP contribution in [0.2, 0.25) is 0 Å². The van der Waals surface area contributed by atoms with Crippen LogP contribution >= 0.6 is 11.8 Å². The lowest BCUT2D eigenvalue weighted by Crippen LogP contribution is -2.43. The lowest BCUT2D eigenvalue weighted by Gasteiger charge is -2.33. The third kappa shape index (κ3) is 5.20. The molecule has 1 rings (SSSR count). The van der Waals surface area contributed by atoms with E-state index < -0.39 is 0 Å². The van der Waals surface area contributed by atoms with Crippen LogP contribution in [0.25, 0.3) is 0 Å². The molecule has 0 aromatic heterocycles. The van der Waals surface area contributed by atoms with Gasteiger partial charge in [-0.15, -0.1) is 0 Å². The van der Waals surface area contributed by atoms with Gasteiger partial charge < -0.3 is 9.84 Å². The summed E-state index contributed by atoms with van der Waals surface area (Å²) in [7, 11) is 0. The van der Waals surface area contributed by atoms with Crippen molar-refractivity contribution in [3.63, 3.8) is 0 Å². The second-order valence-electron chi connectivity index (χ2n) is 3.97. The number of thioether (sulfide) groups is 1.